The van der Waals surface area contributed by atoms with Crippen LogP contribution >= 0.6 is 0 Å². The van der Waals surface area contributed by atoms with Crippen LogP contribution in [-0.4, -0.2) is 91.3 Å². The first-order chi connectivity index (χ1) is 10.2. The molecule has 1 aliphatic carbocycles. The van der Waals surface area contributed by atoms with Crippen LogP contribution in [0.3, 0.4) is 0 Å². The zero-order valence-corrected chi connectivity index (χ0v) is 11.3. The van der Waals surface area contributed by atoms with Crippen molar-refractivity contribution in [3.63, 3.8) is 0 Å². The maximum absolute atomic E-state index is 10.6. The Morgan fingerprint density at radius 1 is 1.09 bits per heavy atom. The summed E-state index contributed by atoms with van der Waals surface area (Å²) in [6.45, 7) is -0.836. The maximum Gasteiger partial charge on any atom is 0.310 e. The molecule has 11 heteroatoms. The lowest BCUT2D eigenvalue weighted by atomic mass is 9.55. The number of ether oxygens (including phenoxy) is 2. The quantitative estimate of drug-likeness (QED) is 0.223. The third-order valence-electron chi connectivity index (χ3n) is 5.38. The lowest BCUT2D eigenvalue weighted by Gasteiger charge is -2.72. The topological polar surface area (TPSA) is 190 Å². The van der Waals surface area contributed by atoms with Gasteiger partial charge in [-0.25, -0.2) is 0 Å². The number of aliphatic hydroxyl groups excluding tert-OH is 4. The van der Waals surface area contributed by atoms with Crippen LogP contribution in [0, 0.1) is 5.92 Å². The molecule has 10 atom stereocenters. The van der Waals surface area contributed by atoms with Gasteiger partial charge in [0.25, 0.3) is 0 Å². The van der Waals surface area contributed by atoms with Crippen molar-refractivity contribution in [1.82, 2.24) is 10.6 Å². The summed E-state index contributed by atoms with van der Waals surface area (Å²) in [5.41, 5.74) is 1.97. The van der Waals surface area contributed by atoms with Crippen molar-refractivity contribution in [2.75, 3.05) is 6.61 Å². The Kier molecular flexibility index (Phi) is 2.85. The second kappa shape index (κ2) is 4.15. The highest BCUT2D eigenvalue weighted by Crippen LogP contribution is 2.58. The highest BCUT2D eigenvalue weighted by atomic mass is 16.9. The summed E-state index contributed by atoms with van der Waals surface area (Å²) in [6, 6.07) is 0. The van der Waals surface area contributed by atoms with Gasteiger partial charge in [-0.05, 0) is 0 Å². The molecule has 0 radical (unpaired) electrons. The van der Waals surface area contributed by atoms with E-state index in [-0.39, 0.29) is 0 Å². The van der Waals surface area contributed by atoms with Gasteiger partial charge in [0.05, 0.1) is 18.1 Å². The van der Waals surface area contributed by atoms with Crippen LogP contribution in [0.5, 0.6) is 0 Å². The fraction of sp³-hybridized carbons (Fsp3) is 1.00. The van der Waals surface area contributed by atoms with Gasteiger partial charge in [-0.15, -0.1) is 0 Å². The summed E-state index contributed by atoms with van der Waals surface area (Å²) in [4.78, 5) is 0. The van der Waals surface area contributed by atoms with Gasteiger partial charge in [-0.2, -0.15) is 0 Å². The van der Waals surface area contributed by atoms with Gasteiger partial charge >= 0.3 is 5.97 Å². The minimum atomic E-state index is -2.49. The van der Waals surface area contributed by atoms with Gasteiger partial charge in [0, 0.05) is 0 Å². The van der Waals surface area contributed by atoms with Gasteiger partial charge in [-0.1, -0.05) is 0 Å². The molecule has 4 aliphatic heterocycles. The van der Waals surface area contributed by atoms with E-state index in [1.165, 1.54) is 0 Å². The first-order valence-corrected chi connectivity index (χ1v) is 6.95. The molecule has 1 saturated carbocycles. The molecule has 5 aliphatic rings. The van der Waals surface area contributed by atoms with Gasteiger partial charge in [-0.3, -0.25) is 10.6 Å². The summed E-state index contributed by atoms with van der Waals surface area (Å²) < 4.78 is 10.3. The van der Waals surface area contributed by atoms with E-state index in [1.807, 2.05) is 0 Å². The Hall–Kier alpha value is -0.440. The van der Waals surface area contributed by atoms with Crippen molar-refractivity contribution in [3.8, 4) is 0 Å². The average molecular weight is 321 g/mol. The van der Waals surface area contributed by atoms with Crippen molar-refractivity contribution in [3.05, 3.63) is 0 Å². The molecule has 11 nitrogen and oxygen atoms in total. The molecule has 0 aromatic rings. The molecule has 4 bridgehead atoms. The highest BCUT2D eigenvalue weighted by Gasteiger charge is 2.82. The first kappa shape index (κ1) is 15.1. The van der Waals surface area contributed by atoms with E-state index in [2.05, 4.69) is 10.6 Å². The summed E-state index contributed by atoms with van der Waals surface area (Å²) in [6.07, 6.45) is -8.45. The normalized spacial score (nSPS) is 66.4. The molecule has 10 N–H and O–H groups in total. The van der Waals surface area contributed by atoms with Crippen LogP contribution in [0.1, 0.15) is 0 Å². The lowest BCUT2D eigenvalue weighted by molar-refractivity contribution is -0.552. The molecule has 126 valence electrons. The predicted octanol–water partition coefficient (Wildman–Crippen LogP) is -6.00. The number of hydrogen-bond donors (Lipinski definition) is 9. The molecule has 5 rings (SSSR count). The molecule has 22 heavy (non-hydrogen) atoms. The minimum Gasteiger partial charge on any atom is -0.393 e. The van der Waals surface area contributed by atoms with Gasteiger partial charge < -0.3 is 45.8 Å². The van der Waals surface area contributed by atoms with Crippen molar-refractivity contribution >= 4 is 0 Å². The fourth-order valence-electron chi connectivity index (χ4n) is 4.42. The Labute approximate surface area is 124 Å². The predicted molar refractivity (Wildman–Crippen MR) is 65.2 cm³/mol. The van der Waals surface area contributed by atoms with E-state index in [1.54, 1.807) is 0 Å². The molecule has 0 aromatic carbocycles. The van der Waals surface area contributed by atoms with E-state index in [9.17, 15) is 30.6 Å². The van der Waals surface area contributed by atoms with Crippen LogP contribution in [0.4, 0.5) is 0 Å². The molecule has 0 amide bonds. The van der Waals surface area contributed by atoms with Crippen LogP contribution in [-0.2, 0) is 9.47 Å². The van der Waals surface area contributed by atoms with E-state index >= 15 is 0 Å². The van der Waals surface area contributed by atoms with E-state index < -0.39 is 66.6 Å². The Morgan fingerprint density at radius 3 is 2.36 bits per heavy atom. The van der Waals surface area contributed by atoms with Crippen molar-refractivity contribution in [2.24, 2.45) is 11.7 Å². The average Bonchev–Trinajstić information content (AvgIpc) is 2.45. The third-order valence-corrected chi connectivity index (χ3v) is 5.38. The number of nitrogens with one attached hydrogen (secondary N) is 2. The van der Waals surface area contributed by atoms with Crippen molar-refractivity contribution in [1.29, 1.82) is 0 Å². The van der Waals surface area contributed by atoms with E-state index in [0.717, 1.165) is 0 Å². The lowest BCUT2D eigenvalue weighted by Crippen LogP contribution is -2.97. The molecule has 0 aromatic heterocycles. The molecule has 1 spiro atoms. The van der Waals surface area contributed by atoms with Gasteiger partial charge in [0.2, 0.25) is 0 Å². The van der Waals surface area contributed by atoms with Gasteiger partial charge in [0.15, 0.2) is 6.10 Å². The number of hydrogen-bond acceptors (Lipinski definition) is 11. The zero-order valence-electron chi connectivity index (χ0n) is 11.3. The zero-order chi connectivity index (χ0) is 16.1. The van der Waals surface area contributed by atoms with Crippen LogP contribution in [0.15, 0.2) is 0 Å². The molecule has 4 saturated heterocycles. The van der Waals surface area contributed by atoms with Crippen LogP contribution in [0.2, 0.25) is 0 Å². The van der Waals surface area contributed by atoms with Gasteiger partial charge in [0.1, 0.15) is 36.4 Å². The summed E-state index contributed by atoms with van der Waals surface area (Å²) in [5, 5.41) is 67.2. The summed E-state index contributed by atoms with van der Waals surface area (Å²) in [7, 11) is 0. The standard InChI is InChI=1S/C11H19N3O8/c12-8-13-6(17)2-4-9(19,1-15)5-3(16)10(2,14-8)7(18)11(20,21-4)22-5/h2-8,13-20H,1,12H2/t2?,3-,4?,5?,6+,7-,8-,9?,10?,11?/m0/s1. The Morgan fingerprint density at radius 2 is 1.73 bits per heavy atom. The number of nitrogens with two attached hydrogens (primary N) is 1. The number of aliphatic hydroxyl groups is 6. The van der Waals surface area contributed by atoms with Crippen LogP contribution < -0.4 is 16.4 Å². The first-order valence-electron chi connectivity index (χ1n) is 6.95. The largest absolute Gasteiger partial charge is 0.393 e. The second-order valence-corrected chi connectivity index (χ2v) is 6.40. The molecular weight excluding hydrogens is 302 g/mol. The van der Waals surface area contributed by atoms with Crippen molar-refractivity contribution in [2.45, 2.75) is 54.0 Å². The number of rotatable bonds is 1. The molecular formula is C11H19N3O8. The fourth-order valence-corrected chi connectivity index (χ4v) is 4.42. The van der Waals surface area contributed by atoms with Crippen LogP contribution in [0.25, 0.3) is 0 Å². The smallest absolute Gasteiger partial charge is 0.310 e. The van der Waals surface area contributed by atoms with E-state index in [4.69, 9.17) is 15.2 Å². The van der Waals surface area contributed by atoms with Crippen molar-refractivity contribution < 1.29 is 40.1 Å². The second-order valence-electron chi connectivity index (χ2n) is 6.40. The summed E-state index contributed by atoms with van der Waals surface area (Å²) in [5.74, 6) is -3.59. The van der Waals surface area contributed by atoms with E-state index in [0.29, 0.717) is 0 Å². The molecule has 4 heterocycles. The highest BCUT2D eigenvalue weighted by molar-refractivity contribution is 5.29. The minimum absolute atomic E-state index is 0.836. The molecule has 5 fully saturated rings. The maximum atomic E-state index is 10.6. The molecule has 6 unspecified atom stereocenters. The Bertz CT molecular complexity index is 512. The third kappa shape index (κ3) is 1.39. The monoisotopic (exact) mass is 321 g/mol. The summed E-state index contributed by atoms with van der Waals surface area (Å²) >= 11 is 0. The SMILES string of the molecule is N[C@H]1N[C@H](O)C2C3OC4(O)OC([C@H](O)C2(N1)[C@@H]4O)C3(O)CO. The Balaban J connectivity index is 1.91.